The van der Waals surface area contributed by atoms with E-state index in [1.54, 1.807) is 0 Å². The van der Waals surface area contributed by atoms with Gasteiger partial charge in [-0.2, -0.15) is 0 Å². The average Bonchev–Trinajstić information content (AvgIpc) is 2.68. The number of urea groups is 1. The average molecular weight is 246 g/mol. The second kappa shape index (κ2) is 6.04. The van der Waals surface area contributed by atoms with E-state index < -0.39 is 30.4 Å². The van der Waals surface area contributed by atoms with Crippen LogP contribution in [0.1, 0.15) is 12.8 Å². The molecule has 96 valence electrons. The van der Waals surface area contributed by atoms with Crippen LogP contribution in [0, 0.1) is 0 Å². The summed E-state index contributed by atoms with van der Waals surface area (Å²) >= 11 is 0. The van der Waals surface area contributed by atoms with Gasteiger partial charge in [-0.1, -0.05) is 0 Å². The van der Waals surface area contributed by atoms with Gasteiger partial charge in [0, 0.05) is 6.61 Å². The summed E-state index contributed by atoms with van der Waals surface area (Å²) in [4.78, 5) is 32.4. The summed E-state index contributed by atoms with van der Waals surface area (Å²) < 4.78 is 5.02. The van der Waals surface area contributed by atoms with Crippen molar-refractivity contribution in [1.82, 2.24) is 10.6 Å². The largest absolute Gasteiger partial charge is 0.481 e. The van der Waals surface area contributed by atoms with Gasteiger partial charge < -0.3 is 25.6 Å². The first-order valence-electron chi connectivity index (χ1n) is 5.08. The van der Waals surface area contributed by atoms with Crippen LogP contribution < -0.4 is 10.6 Å². The van der Waals surface area contributed by atoms with E-state index in [-0.39, 0.29) is 6.04 Å². The Hall–Kier alpha value is -1.83. The quantitative estimate of drug-likeness (QED) is 0.493. The first kappa shape index (κ1) is 13.2. The van der Waals surface area contributed by atoms with Crippen molar-refractivity contribution in [3.8, 4) is 0 Å². The van der Waals surface area contributed by atoms with Gasteiger partial charge in [0.2, 0.25) is 0 Å². The van der Waals surface area contributed by atoms with Gasteiger partial charge in [0.05, 0.1) is 19.1 Å². The Bertz CT molecular complexity index is 313. The van der Waals surface area contributed by atoms with Crippen molar-refractivity contribution in [3.05, 3.63) is 0 Å². The molecule has 8 heteroatoms. The lowest BCUT2D eigenvalue weighted by Crippen LogP contribution is -2.49. The first-order chi connectivity index (χ1) is 7.99. The monoisotopic (exact) mass is 246 g/mol. The SMILES string of the molecule is O=C(O)C[C@@H](NC(=O)NC1CCOC1)C(=O)O. The zero-order valence-corrected chi connectivity index (χ0v) is 9.01. The van der Waals surface area contributed by atoms with Gasteiger partial charge >= 0.3 is 18.0 Å². The molecule has 0 bridgehead atoms. The molecule has 4 N–H and O–H groups in total. The summed E-state index contributed by atoms with van der Waals surface area (Å²) in [5.74, 6) is -2.67. The van der Waals surface area contributed by atoms with E-state index in [1.165, 1.54) is 0 Å². The minimum atomic E-state index is -1.44. The number of rotatable bonds is 5. The number of hydrogen-bond donors (Lipinski definition) is 4. The minimum absolute atomic E-state index is 0.158. The standard InChI is InChI=1S/C9H14N2O6/c12-7(13)3-6(8(14)15)11-9(16)10-5-1-2-17-4-5/h5-6H,1-4H2,(H,12,13)(H,14,15)(H2,10,11,16)/t5?,6-/m1/s1. The summed E-state index contributed by atoms with van der Waals surface area (Å²) in [5, 5.41) is 21.8. The third-order valence-electron chi connectivity index (χ3n) is 2.25. The van der Waals surface area contributed by atoms with E-state index in [9.17, 15) is 14.4 Å². The predicted octanol–water partition coefficient (Wildman–Crippen LogP) is -0.998. The van der Waals surface area contributed by atoms with Crippen molar-refractivity contribution in [2.45, 2.75) is 24.9 Å². The molecule has 0 aromatic rings. The number of amides is 2. The Balaban J connectivity index is 2.40. The minimum Gasteiger partial charge on any atom is -0.481 e. The number of carbonyl (C=O) groups excluding carboxylic acids is 1. The Kier molecular flexibility index (Phi) is 4.70. The molecule has 1 fully saturated rings. The highest BCUT2D eigenvalue weighted by atomic mass is 16.5. The number of carboxylic acids is 2. The van der Waals surface area contributed by atoms with E-state index >= 15 is 0 Å². The zero-order valence-electron chi connectivity index (χ0n) is 9.01. The molecule has 0 saturated carbocycles. The highest BCUT2D eigenvalue weighted by Gasteiger charge is 2.25. The van der Waals surface area contributed by atoms with Crippen LogP contribution in [0.3, 0.4) is 0 Å². The smallest absolute Gasteiger partial charge is 0.326 e. The summed E-state index contributed by atoms with van der Waals surface area (Å²) in [7, 11) is 0. The maximum atomic E-state index is 11.4. The van der Waals surface area contributed by atoms with Gasteiger partial charge in [-0.05, 0) is 6.42 Å². The van der Waals surface area contributed by atoms with Crippen molar-refractivity contribution in [3.63, 3.8) is 0 Å². The van der Waals surface area contributed by atoms with Crippen LogP contribution in [-0.2, 0) is 14.3 Å². The molecule has 1 heterocycles. The highest BCUT2D eigenvalue weighted by molar-refractivity contribution is 5.86. The number of aliphatic carboxylic acids is 2. The van der Waals surface area contributed by atoms with Crippen molar-refractivity contribution in [2.24, 2.45) is 0 Å². The normalized spacial score (nSPS) is 20.6. The molecule has 0 aromatic carbocycles. The van der Waals surface area contributed by atoms with Crippen molar-refractivity contribution in [2.75, 3.05) is 13.2 Å². The molecule has 1 aliphatic heterocycles. The second-order valence-corrected chi connectivity index (χ2v) is 3.67. The van der Waals surface area contributed by atoms with Gasteiger partial charge in [-0.15, -0.1) is 0 Å². The van der Waals surface area contributed by atoms with Gasteiger partial charge in [-0.25, -0.2) is 9.59 Å². The van der Waals surface area contributed by atoms with Crippen LogP contribution in [-0.4, -0.2) is 53.5 Å². The van der Waals surface area contributed by atoms with E-state index in [0.717, 1.165) is 0 Å². The molecule has 17 heavy (non-hydrogen) atoms. The number of carbonyl (C=O) groups is 3. The Morgan fingerprint density at radius 3 is 2.53 bits per heavy atom. The summed E-state index contributed by atoms with van der Waals surface area (Å²) in [6, 6.07) is -2.29. The van der Waals surface area contributed by atoms with Gasteiger partial charge in [0.25, 0.3) is 0 Å². The number of hydrogen-bond acceptors (Lipinski definition) is 4. The molecule has 1 unspecified atom stereocenters. The van der Waals surface area contributed by atoms with Crippen LogP contribution in [0.5, 0.6) is 0 Å². The molecule has 0 aliphatic carbocycles. The van der Waals surface area contributed by atoms with Crippen molar-refractivity contribution >= 4 is 18.0 Å². The van der Waals surface area contributed by atoms with Crippen molar-refractivity contribution < 1.29 is 29.3 Å². The topological polar surface area (TPSA) is 125 Å². The van der Waals surface area contributed by atoms with Crippen molar-refractivity contribution in [1.29, 1.82) is 0 Å². The van der Waals surface area contributed by atoms with E-state index in [2.05, 4.69) is 10.6 Å². The van der Waals surface area contributed by atoms with Gasteiger partial charge in [-0.3, -0.25) is 4.79 Å². The van der Waals surface area contributed by atoms with Crippen LogP contribution in [0.15, 0.2) is 0 Å². The third kappa shape index (κ3) is 4.68. The molecule has 2 atom stereocenters. The van der Waals surface area contributed by atoms with Crippen LogP contribution in [0.2, 0.25) is 0 Å². The van der Waals surface area contributed by atoms with E-state index in [1.807, 2.05) is 0 Å². The Labute approximate surface area is 96.9 Å². The third-order valence-corrected chi connectivity index (χ3v) is 2.25. The summed E-state index contributed by atoms with van der Waals surface area (Å²) in [6.07, 6.45) is -0.00594. The number of ether oxygens (including phenoxy) is 1. The molecule has 1 rings (SSSR count). The zero-order chi connectivity index (χ0) is 12.8. The molecular formula is C9H14N2O6. The highest BCUT2D eigenvalue weighted by Crippen LogP contribution is 2.03. The Morgan fingerprint density at radius 2 is 2.06 bits per heavy atom. The number of nitrogens with one attached hydrogen (secondary N) is 2. The van der Waals surface area contributed by atoms with E-state index in [4.69, 9.17) is 14.9 Å². The molecule has 0 spiro atoms. The van der Waals surface area contributed by atoms with Gasteiger partial charge in [0.15, 0.2) is 0 Å². The first-order valence-corrected chi connectivity index (χ1v) is 5.08. The van der Waals surface area contributed by atoms with Crippen LogP contribution in [0.25, 0.3) is 0 Å². The fraction of sp³-hybridized carbons (Fsp3) is 0.667. The van der Waals surface area contributed by atoms with Gasteiger partial charge in [0.1, 0.15) is 6.04 Å². The summed E-state index contributed by atoms with van der Waals surface area (Å²) in [5.41, 5.74) is 0. The predicted molar refractivity (Wildman–Crippen MR) is 54.6 cm³/mol. The number of carboxylic acid groups (broad SMARTS) is 2. The lowest BCUT2D eigenvalue weighted by Gasteiger charge is -2.15. The molecule has 0 radical (unpaired) electrons. The maximum absolute atomic E-state index is 11.4. The molecule has 2 amide bonds. The fourth-order valence-corrected chi connectivity index (χ4v) is 1.41. The van der Waals surface area contributed by atoms with E-state index in [0.29, 0.717) is 19.6 Å². The maximum Gasteiger partial charge on any atom is 0.326 e. The van der Waals surface area contributed by atoms with Crippen LogP contribution in [0.4, 0.5) is 4.79 Å². The fourth-order valence-electron chi connectivity index (χ4n) is 1.41. The molecule has 8 nitrogen and oxygen atoms in total. The Morgan fingerprint density at radius 1 is 1.35 bits per heavy atom. The molecular weight excluding hydrogens is 232 g/mol. The second-order valence-electron chi connectivity index (χ2n) is 3.67. The molecule has 1 saturated heterocycles. The summed E-state index contributed by atoms with van der Waals surface area (Å²) in [6.45, 7) is 0.923. The molecule has 1 aliphatic rings. The van der Waals surface area contributed by atoms with Crippen LogP contribution >= 0.6 is 0 Å². The lowest BCUT2D eigenvalue weighted by molar-refractivity contribution is -0.145. The lowest BCUT2D eigenvalue weighted by atomic mass is 10.2. The molecule has 0 aromatic heterocycles.